The summed E-state index contributed by atoms with van der Waals surface area (Å²) in [6.45, 7) is 15.9. The first-order valence-electron chi connectivity index (χ1n) is 11.4. The number of rotatable bonds is 5. The summed E-state index contributed by atoms with van der Waals surface area (Å²) in [7, 11) is 0. The Morgan fingerprint density at radius 2 is 1.64 bits per heavy atom. The number of carbonyl (C=O) groups is 1. The molecule has 33 heavy (non-hydrogen) atoms. The van der Waals surface area contributed by atoms with Crippen LogP contribution in [0.5, 0.6) is 0 Å². The van der Waals surface area contributed by atoms with Crippen LogP contribution in [0.3, 0.4) is 0 Å². The van der Waals surface area contributed by atoms with Crippen LogP contribution in [0.15, 0.2) is 53.5 Å². The summed E-state index contributed by atoms with van der Waals surface area (Å²) in [6, 6.07) is 15.7. The van der Waals surface area contributed by atoms with Gasteiger partial charge in [-0.3, -0.25) is 14.8 Å². The van der Waals surface area contributed by atoms with Crippen LogP contribution in [-0.2, 0) is 18.5 Å². The minimum Gasteiger partial charge on any atom is -0.326 e. The second kappa shape index (κ2) is 10.0. The normalized spacial score (nSPS) is 12.0. The third-order valence-corrected chi connectivity index (χ3v) is 5.79. The van der Waals surface area contributed by atoms with Crippen molar-refractivity contribution in [1.82, 2.24) is 15.1 Å². The van der Waals surface area contributed by atoms with Crippen molar-refractivity contribution >= 4 is 17.6 Å². The summed E-state index contributed by atoms with van der Waals surface area (Å²) in [4.78, 5) is 17.7. The Hall–Kier alpha value is -3.41. The zero-order chi connectivity index (χ0) is 24.2. The molecule has 1 amide bonds. The third kappa shape index (κ3) is 6.09. The number of nitrogens with zero attached hydrogens (tertiary/aromatic N) is 3. The SMILES string of the molecule is CCn1nc(C)c(CN=C(NC(=O)c2ccc(C(C)(C)C)cc2)Nc2ccc(C)cc2)c1C. The average molecular weight is 446 g/mol. The fourth-order valence-electron chi connectivity index (χ4n) is 3.61. The highest BCUT2D eigenvalue weighted by molar-refractivity contribution is 6.10. The summed E-state index contributed by atoms with van der Waals surface area (Å²) in [5.74, 6) is 0.207. The maximum atomic E-state index is 13.0. The molecule has 0 unspecified atom stereocenters. The molecule has 1 aromatic heterocycles. The molecule has 0 atom stereocenters. The van der Waals surface area contributed by atoms with Gasteiger partial charge in [-0.2, -0.15) is 5.10 Å². The molecule has 3 aromatic rings. The van der Waals surface area contributed by atoms with E-state index in [1.165, 1.54) is 11.1 Å². The molecule has 0 aliphatic heterocycles. The predicted octanol–water partition coefficient (Wildman–Crippen LogP) is 5.52. The molecule has 3 rings (SSSR count). The van der Waals surface area contributed by atoms with Crippen LogP contribution in [0.1, 0.15) is 66.1 Å². The van der Waals surface area contributed by atoms with Gasteiger partial charge in [-0.05, 0) is 62.9 Å². The third-order valence-electron chi connectivity index (χ3n) is 5.79. The number of amides is 1. The van der Waals surface area contributed by atoms with E-state index in [4.69, 9.17) is 4.99 Å². The number of guanidine groups is 1. The van der Waals surface area contributed by atoms with Gasteiger partial charge in [0.15, 0.2) is 0 Å². The largest absolute Gasteiger partial charge is 0.326 e. The molecule has 0 fully saturated rings. The van der Waals surface area contributed by atoms with Crippen molar-refractivity contribution in [3.8, 4) is 0 Å². The summed E-state index contributed by atoms with van der Waals surface area (Å²) in [6.07, 6.45) is 0. The summed E-state index contributed by atoms with van der Waals surface area (Å²) in [5.41, 5.74) is 6.96. The van der Waals surface area contributed by atoms with Crippen LogP contribution in [0.2, 0.25) is 0 Å². The van der Waals surface area contributed by atoms with Gasteiger partial charge < -0.3 is 5.32 Å². The van der Waals surface area contributed by atoms with Crippen LogP contribution in [0, 0.1) is 20.8 Å². The smallest absolute Gasteiger partial charge is 0.257 e. The van der Waals surface area contributed by atoms with E-state index in [0.717, 1.165) is 29.2 Å². The van der Waals surface area contributed by atoms with E-state index in [2.05, 4.69) is 50.4 Å². The molecule has 174 valence electrons. The first kappa shape index (κ1) is 24.2. The lowest BCUT2D eigenvalue weighted by molar-refractivity contribution is 0.0977. The molecule has 0 saturated carbocycles. The molecule has 0 aliphatic rings. The number of hydrogen-bond acceptors (Lipinski definition) is 3. The van der Waals surface area contributed by atoms with Gasteiger partial charge in [-0.15, -0.1) is 0 Å². The van der Waals surface area contributed by atoms with Gasteiger partial charge in [0.2, 0.25) is 5.96 Å². The highest BCUT2D eigenvalue weighted by atomic mass is 16.1. The Bertz CT molecular complexity index is 1130. The van der Waals surface area contributed by atoms with Gasteiger partial charge in [-0.1, -0.05) is 50.6 Å². The van der Waals surface area contributed by atoms with Crippen molar-refractivity contribution < 1.29 is 4.79 Å². The van der Waals surface area contributed by atoms with E-state index in [1.807, 2.05) is 67.1 Å². The first-order valence-corrected chi connectivity index (χ1v) is 11.4. The second-order valence-corrected chi connectivity index (χ2v) is 9.40. The van der Waals surface area contributed by atoms with E-state index in [9.17, 15) is 4.79 Å². The minimum absolute atomic E-state index is 0.0350. The van der Waals surface area contributed by atoms with Gasteiger partial charge >= 0.3 is 0 Å². The Morgan fingerprint density at radius 3 is 2.18 bits per heavy atom. The molecular weight excluding hydrogens is 410 g/mol. The predicted molar refractivity (Wildman–Crippen MR) is 136 cm³/mol. The van der Waals surface area contributed by atoms with E-state index >= 15 is 0 Å². The lowest BCUT2D eigenvalue weighted by Gasteiger charge is -2.19. The zero-order valence-corrected chi connectivity index (χ0v) is 20.8. The maximum Gasteiger partial charge on any atom is 0.257 e. The molecule has 0 aliphatic carbocycles. The van der Waals surface area contributed by atoms with Crippen molar-refractivity contribution in [2.45, 2.75) is 67.0 Å². The van der Waals surface area contributed by atoms with Gasteiger partial charge in [0, 0.05) is 29.1 Å². The van der Waals surface area contributed by atoms with Gasteiger partial charge in [-0.25, -0.2) is 4.99 Å². The van der Waals surface area contributed by atoms with Gasteiger partial charge in [0.05, 0.1) is 12.2 Å². The van der Waals surface area contributed by atoms with E-state index in [0.29, 0.717) is 18.1 Å². The Balaban J connectivity index is 1.85. The molecule has 0 spiro atoms. The Kier molecular flexibility index (Phi) is 7.36. The van der Waals surface area contributed by atoms with E-state index < -0.39 is 0 Å². The number of aromatic nitrogens is 2. The average Bonchev–Trinajstić information content (AvgIpc) is 3.05. The van der Waals surface area contributed by atoms with Crippen molar-refractivity contribution in [1.29, 1.82) is 0 Å². The van der Waals surface area contributed by atoms with Crippen molar-refractivity contribution in [3.05, 3.63) is 82.2 Å². The molecule has 2 aromatic carbocycles. The number of aryl methyl sites for hydroxylation is 3. The number of hydrogen-bond donors (Lipinski definition) is 2. The number of carbonyl (C=O) groups excluding carboxylic acids is 1. The molecule has 1 heterocycles. The zero-order valence-electron chi connectivity index (χ0n) is 20.8. The highest BCUT2D eigenvalue weighted by Gasteiger charge is 2.16. The van der Waals surface area contributed by atoms with Crippen LogP contribution in [0.25, 0.3) is 0 Å². The van der Waals surface area contributed by atoms with Gasteiger partial charge in [0.25, 0.3) is 5.91 Å². The lowest BCUT2D eigenvalue weighted by atomic mass is 9.87. The maximum absolute atomic E-state index is 13.0. The van der Waals surface area contributed by atoms with Crippen molar-refractivity contribution in [2.75, 3.05) is 5.32 Å². The minimum atomic E-state index is -0.202. The molecule has 0 radical (unpaired) electrons. The quantitative estimate of drug-likeness (QED) is 0.401. The molecule has 6 nitrogen and oxygen atoms in total. The van der Waals surface area contributed by atoms with Crippen LogP contribution < -0.4 is 10.6 Å². The molecular formula is C27H35N5O. The Morgan fingerprint density at radius 1 is 1.00 bits per heavy atom. The van der Waals surface area contributed by atoms with Crippen LogP contribution in [0.4, 0.5) is 5.69 Å². The molecule has 0 bridgehead atoms. The summed E-state index contributed by atoms with van der Waals surface area (Å²) < 4.78 is 1.97. The van der Waals surface area contributed by atoms with Crippen molar-refractivity contribution in [3.63, 3.8) is 0 Å². The van der Waals surface area contributed by atoms with Gasteiger partial charge in [0.1, 0.15) is 0 Å². The number of nitrogens with one attached hydrogen (secondary N) is 2. The standard InChI is InChI=1S/C27H35N5O/c1-8-32-20(4)24(19(3)31-32)17-28-26(29-23-15-9-18(2)10-16-23)30-25(33)21-11-13-22(14-12-21)27(5,6)7/h9-16H,8,17H2,1-7H3,(H2,28,29,30,33). The lowest BCUT2D eigenvalue weighted by Crippen LogP contribution is -2.36. The highest BCUT2D eigenvalue weighted by Crippen LogP contribution is 2.22. The number of benzene rings is 2. The Labute approximate surface area is 197 Å². The van der Waals surface area contributed by atoms with E-state index in [-0.39, 0.29) is 11.3 Å². The number of aliphatic imine (C=N–C) groups is 1. The summed E-state index contributed by atoms with van der Waals surface area (Å²) in [5, 5.41) is 10.8. The first-order chi connectivity index (χ1) is 15.6. The second-order valence-electron chi connectivity index (χ2n) is 9.40. The number of anilines is 1. The summed E-state index contributed by atoms with van der Waals surface area (Å²) >= 11 is 0. The van der Waals surface area contributed by atoms with E-state index in [1.54, 1.807) is 0 Å². The molecule has 0 saturated heterocycles. The van der Waals surface area contributed by atoms with Crippen LogP contribution >= 0.6 is 0 Å². The van der Waals surface area contributed by atoms with Crippen LogP contribution in [-0.4, -0.2) is 21.6 Å². The molecule has 6 heteroatoms. The van der Waals surface area contributed by atoms with Crippen molar-refractivity contribution in [2.24, 2.45) is 4.99 Å². The molecule has 2 N–H and O–H groups in total. The topological polar surface area (TPSA) is 71.3 Å². The fourth-order valence-corrected chi connectivity index (χ4v) is 3.61. The monoisotopic (exact) mass is 445 g/mol. The fraction of sp³-hybridized carbons (Fsp3) is 0.370.